The minimum atomic E-state index is -1.04. The predicted molar refractivity (Wildman–Crippen MR) is 74.2 cm³/mol. The van der Waals surface area contributed by atoms with Gasteiger partial charge in [-0.25, -0.2) is 9.59 Å². The van der Waals surface area contributed by atoms with Crippen LogP contribution in [0.2, 0.25) is 0 Å². The standard InChI is InChI=1S/C14H20N2O5/c1-9-11(12(17)18)7-10(21-9)8-15-13(19)16-14(2)3-5-20-6-4-14/h7H,3-6,8H2,1-2H3,(H,17,18)(H2,15,16,19). The molecule has 116 valence electrons. The first-order valence-corrected chi connectivity index (χ1v) is 6.86. The van der Waals surface area contributed by atoms with Crippen LogP contribution in [0.25, 0.3) is 0 Å². The Morgan fingerprint density at radius 1 is 1.38 bits per heavy atom. The summed E-state index contributed by atoms with van der Waals surface area (Å²) < 4.78 is 10.6. The van der Waals surface area contributed by atoms with Crippen LogP contribution in [0.1, 0.15) is 41.6 Å². The number of carboxylic acids is 1. The summed E-state index contributed by atoms with van der Waals surface area (Å²) in [5, 5.41) is 14.5. The molecule has 1 aromatic heterocycles. The third-order valence-corrected chi connectivity index (χ3v) is 3.63. The second-order valence-electron chi connectivity index (χ2n) is 5.47. The van der Waals surface area contributed by atoms with Crippen molar-refractivity contribution in [3.05, 3.63) is 23.2 Å². The molecule has 0 unspecified atom stereocenters. The molecule has 0 aliphatic carbocycles. The van der Waals surface area contributed by atoms with Crippen LogP contribution < -0.4 is 10.6 Å². The molecule has 3 N–H and O–H groups in total. The maximum Gasteiger partial charge on any atom is 0.339 e. The number of amides is 2. The lowest BCUT2D eigenvalue weighted by Crippen LogP contribution is -2.52. The Labute approximate surface area is 122 Å². The van der Waals surface area contributed by atoms with Gasteiger partial charge in [-0.2, -0.15) is 0 Å². The van der Waals surface area contributed by atoms with Gasteiger partial charge in [0, 0.05) is 18.8 Å². The normalized spacial score (nSPS) is 17.2. The van der Waals surface area contributed by atoms with Crippen molar-refractivity contribution in [3.63, 3.8) is 0 Å². The van der Waals surface area contributed by atoms with E-state index in [4.69, 9.17) is 14.3 Å². The smallest absolute Gasteiger partial charge is 0.339 e. The number of aryl methyl sites for hydroxylation is 1. The summed E-state index contributed by atoms with van der Waals surface area (Å²) >= 11 is 0. The van der Waals surface area contributed by atoms with Gasteiger partial charge in [0.15, 0.2) is 0 Å². The molecule has 1 fully saturated rings. The van der Waals surface area contributed by atoms with Crippen LogP contribution in [-0.2, 0) is 11.3 Å². The molecule has 1 aliphatic heterocycles. The first-order chi connectivity index (χ1) is 9.89. The second-order valence-corrected chi connectivity index (χ2v) is 5.47. The van der Waals surface area contributed by atoms with Crippen molar-refractivity contribution < 1.29 is 23.8 Å². The minimum absolute atomic E-state index is 0.114. The molecule has 0 radical (unpaired) electrons. The number of ether oxygens (including phenoxy) is 1. The van der Waals surface area contributed by atoms with Crippen molar-refractivity contribution in [2.75, 3.05) is 13.2 Å². The molecule has 7 nitrogen and oxygen atoms in total. The fourth-order valence-electron chi connectivity index (χ4n) is 2.28. The Morgan fingerprint density at radius 3 is 2.62 bits per heavy atom. The predicted octanol–water partition coefficient (Wildman–Crippen LogP) is 1.65. The zero-order valence-electron chi connectivity index (χ0n) is 12.2. The Bertz CT molecular complexity index is 531. The van der Waals surface area contributed by atoms with Gasteiger partial charge in [-0.15, -0.1) is 0 Å². The number of furan rings is 1. The largest absolute Gasteiger partial charge is 0.478 e. The molecular formula is C14H20N2O5. The van der Waals surface area contributed by atoms with E-state index in [0.717, 1.165) is 12.8 Å². The minimum Gasteiger partial charge on any atom is -0.478 e. The monoisotopic (exact) mass is 296 g/mol. The van der Waals surface area contributed by atoms with Crippen molar-refractivity contribution in [2.24, 2.45) is 0 Å². The Morgan fingerprint density at radius 2 is 2.05 bits per heavy atom. The highest BCUT2D eigenvalue weighted by Crippen LogP contribution is 2.19. The van der Waals surface area contributed by atoms with E-state index in [1.165, 1.54) is 6.07 Å². The van der Waals surface area contributed by atoms with E-state index in [0.29, 0.717) is 24.7 Å². The van der Waals surface area contributed by atoms with E-state index in [9.17, 15) is 9.59 Å². The Balaban J connectivity index is 1.86. The number of hydrogen-bond donors (Lipinski definition) is 3. The topological polar surface area (TPSA) is 101 Å². The number of carbonyl (C=O) groups is 2. The van der Waals surface area contributed by atoms with Crippen molar-refractivity contribution in [1.29, 1.82) is 0 Å². The van der Waals surface area contributed by atoms with Crippen LogP contribution in [0.4, 0.5) is 4.79 Å². The van der Waals surface area contributed by atoms with Gasteiger partial charge in [-0.1, -0.05) is 0 Å². The lowest BCUT2D eigenvalue weighted by Gasteiger charge is -2.34. The number of urea groups is 1. The van der Waals surface area contributed by atoms with E-state index < -0.39 is 5.97 Å². The van der Waals surface area contributed by atoms with E-state index >= 15 is 0 Å². The molecule has 0 bridgehead atoms. The summed E-state index contributed by atoms with van der Waals surface area (Å²) in [7, 11) is 0. The SMILES string of the molecule is Cc1oc(CNC(=O)NC2(C)CCOCC2)cc1C(=O)O. The van der Waals surface area contributed by atoms with Crippen LogP contribution >= 0.6 is 0 Å². The van der Waals surface area contributed by atoms with Crippen LogP contribution in [0.5, 0.6) is 0 Å². The van der Waals surface area contributed by atoms with Crippen LogP contribution in [0.15, 0.2) is 10.5 Å². The molecule has 7 heteroatoms. The maximum atomic E-state index is 11.9. The molecular weight excluding hydrogens is 276 g/mol. The molecule has 1 aromatic rings. The van der Waals surface area contributed by atoms with Crippen LogP contribution in [0, 0.1) is 6.92 Å². The molecule has 1 saturated heterocycles. The van der Waals surface area contributed by atoms with Gasteiger partial charge in [-0.05, 0) is 32.8 Å². The molecule has 2 rings (SSSR count). The maximum absolute atomic E-state index is 11.9. The first-order valence-electron chi connectivity index (χ1n) is 6.86. The molecule has 0 aromatic carbocycles. The second kappa shape index (κ2) is 6.17. The highest BCUT2D eigenvalue weighted by atomic mass is 16.5. The zero-order valence-corrected chi connectivity index (χ0v) is 12.2. The van der Waals surface area contributed by atoms with Gasteiger partial charge < -0.3 is 24.9 Å². The van der Waals surface area contributed by atoms with Crippen LogP contribution in [0.3, 0.4) is 0 Å². The van der Waals surface area contributed by atoms with E-state index in [-0.39, 0.29) is 23.7 Å². The van der Waals surface area contributed by atoms with Gasteiger partial charge >= 0.3 is 12.0 Å². The van der Waals surface area contributed by atoms with E-state index in [2.05, 4.69) is 10.6 Å². The van der Waals surface area contributed by atoms with Gasteiger partial charge in [0.1, 0.15) is 17.1 Å². The van der Waals surface area contributed by atoms with Crippen molar-refractivity contribution in [3.8, 4) is 0 Å². The van der Waals surface area contributed by atoms with Crippen molar-refractivity contribution in [1.82, 2.24) is 10.6 Å². The van der Waals surface area contributed by atoms with Gasteiger partial charge in [0.05, 0.1) is 6.54 Å². The number of nitrogens with one attached hydrogen (secondary N) is 2. The van der Waals surface area contributed by atoms with Gasteiger partial charge in [0.25, 0.3) is 0 Å². The third kappa shape index (κ3) is 3.98. The number of carboxylic acid groups (broad SMARTS) is 1. The van der Waals surface area contributed by atoms with Crippen molar-refractivity contribution >= 4 is 12.0 Å². The van der Waals surface area contributed by atoms with Gasteiger partial charge in [0.2, 0.25) is 0 Å². The number of hydrogen-bond acceptors (Lipinski definition) is 4. The molecule has 0 spiro atoms. The highest BCUT2D eigenvalue weighted by Gasteiger charge is 2.28. The fourth-order valence-corrected chi connectivity index (χ4v) is 2.28. The first kappa shape index (κ1) is 15.4. The van der Waals surface area contributed by atoms with Gasteiger partial charge in [-0.3, -0.25) is 0 Å². The fraction of sp³-hybridized carbons (Fsp3) is 0.571. The quantitative estimate of drug-likeness (QED) is 0.784. The summed E-state index contributed by atoms with van der Waals surface area (Å²) in [6.45, 7) is 4.98. The zero-order chi connectivity index (χ0) is 15.5. The average Bonchev–Trinajstić information content (AvgIpc) is 2.78. The molecule has 1 aliphatic rings. The number of rotatable bonds is 4. The summed E-state index contributed by atoms with van der Waals surface area (Å²) in [6, 6.07) is 1.12. The summed E-state index contributed by atoms with van der Waals surface area (Å²) in [6.07, 6.45) is 1.53. The van der Waals surface area contributed by atoms with Crippen LogP contribution in [-0.4, -0.2) is 35.9 Å². The molecule has 2 heterocycles. The summed E-state index contributed by atoms with van der Waals surface area (Å²) in [5.41, 5.74) is -0.156. The summed E-state index contributed by atoms with van der Waals surface area (Å²) in [5.74, 6) is -0.296. The molecule has 2 amide bonds. The molecule has 0 saturated carbocycles. The Kier molecular flexibility index (Phi) is 4.52. The van der Waals surface area contributed by atoms with Crippen molar-refractivity contribution in [2.45, 2.75) is 38.8 Å². The third-order valence-electron chi connectivity index (χ3n) is 3.63. The summed E-state index contributed by atoms with van der Waals surface area (Å²) in [4.78, 5) is 22.8. The van der Waals surface area contributed by atoms with E-state index in [1.807, 2.05) is 6.92 Å². The Hall–Kier alpha value is -2.02. The lowest BCUT2D eigenvalue weighted by atomic mass is 9.93. The highest BCUT2D eigenvalue weighted by molar-refractivity contribution is 5.88. The molecule has 21 heavy (non-hydrogen) atoms. The number of carbonyl (C=O) groups excluding carboxylic acids is 1. The lowest BCUT2D eigenvalue weighted by molar-refractivity contribution is 0.0491. The molecule has 0 atom stereocenters. The van der Waals surface area contributed by atoms with E-state index in [1.54, 1.807) is 6.92 Å². The average molecular weight is 296 g/mol. The number of aromatic carboxylic acids is 1.